The summed E-state index contributed by atoms with van der Waals surface area (Å²) in [7, 11) is 0. The number of hydrogen-bond donors (Lipinski definition) is 0. The molecule has 2 saturated heterocycles. The zero-order valence-electron chi connectivity index (χ0n) is 8.32. The molecule has 0 radical (unpaired) electrons. The fraction of sp³-hybridized carbons (Fsp3) is 1.00. The van der Waals surface area contributed by atoms with Crippen LogP contribution in [-0.4, -0.2) is 39.0 Å². The lowest BCUT2D eigenvalue weighted by Crippen LogP contribution is -2.14. The average molecular weight is 190 g/mol. The van der Waals surface area contributed by atoms with Crippen LogP contribution >= 0.6 is 0 Å². The molecule has 2 rings (SSSR count). The van der Waals surface area contributed by atoms with Gasteiger partial charge in [0.05, 0.1) is 32.5 Å². The van der Waals surface area contributed by atoms with E-state index in [2.05, 4.69) is 11.7 Å². The molecule has 0 aliphatic carbocycles. The molecule has 78 valence electrons. The number of ether oxygens (including phenoxy) is 4. The normalized spacial score (nSPS) is 30.9. The summed E-state index contributed by atoms with van der Waals surface area (Å²) in [5.74, 6) is 0. The minimum atomic E-state index is -0.407. The third kappa shape index (κ3) is 5.99. The van der Waals surface area contributed by atoms with Gasteiger partial charge in [0.15, 0.2) is 0 Å². The van der Waals surface area contributed by atoms with E-state index in [0.29, 0.717) is 13.2 Å². The van der Waals surface area contributed by atoms with E-state index in [-0.39, 0.29) is 6.10 Å². The van der Waals surface area contributed by atoms with Gasteiger partial charge >= 0.3 is 0 Å². The lowest BCUT2D eigenvalue weighted by Gasteiger charge is -2.08. The molecule has 0 saturated carbocycles. The van der Waals surface area contributed by atoms with E-state index in [4.69, 9.17) is 14.2 Å². The number of hydrogen-bond acceptors (Lipinski definition) is 4. The van der Waals surface area contributed by atoms with Crippen molar-refractivity contribution >= 4 is 0 Å². The predicted octanol–water partition coefficient (Wildman–Crippen LogP) is 1.15. The second kappa shape index (κ2) is 6.32. The van der Waals surface area contributed by atoms with E-state index >= 15 is 0 Å². The molecule has 13 heavy (non-hydrogen) atoms. The van der Waals surface area contributed by atoms with E-state index in [1.54, 1.807) is 0 Å². The van der Waals surface area contributed by atoms with E-state index in [0.717, 1.165) is 19.6 Å². The Morgan fingerprint density at radius 1 is 1.38 bits per heavy atom. The summed E-state index contributed by atoms with van der Waals surface area (Å²) in [5, 5.41) is 0. The van der Waals surface area contributed by atoms with Crippen molar-refractivity contribution in [1.29, 1.82) is 0 Å². The van der Waals surface area contributed by atoms with Crippen LogP contribution in [0.4, 0.5) is 0 Å². The lowest BCUT2D eigenvalue weighted by atomic mass is 10.5. The van der Waals surface area contributed by atoms with Crippen molar-refractivity contribution in [2.45, 2.75) is 32.8 Å². The van der Waals surface area contributed by atoms with Crippen molar-refractivity contribution in [2.24, 2.45) is 0 Å². The van der Waals surface area contributed by atoms with Crippen LogP contribution in [0.5, 0.6) is 0 Å². The molecule has 2 aliphatic rings. The van der Waals surface area contributed by atoms with Crippen molar-refractivity contribution in [3.8, 4) is 0 Å². The van der Waals surface area contributed by atoms with Gasteiger partial charge in [-0.2, -0.15) is 0 Å². The Balaban J connectivity index is 0.000000236. The summed E-state index contributed by atoms with van der Waals surface area (Å²) in [6, 6.07) is 0. The van der Waals surface area contributed by atoms with Crippen LogP contribution in [0.1, 0.15) is 20.3 Å². The van der Waals surface area contributed by atoms with Crippen LogP contribution in [0.25, 0.3) is 0 Å². The number of rotatable bonds is 3. The maximum absolute atomic E-state index is 5.22. The Hall–Kier alpha value is -0.160. The molecule has 0 aromatic rings. The van der Waals surface area contributed by atoms with Crippen LogP contribution in [-0.2, 0) is 18.9 Å². The van der Waals surface area contributed by atoms with E-state index in [1.807, 2.05) is 6.92 Å². The Kier molecular flexibility index (Phi) is 5.31. The fourth-order valence-electron chi connectivity index (χ4n) is 0.784. The van der Waals surface area contributed by atoms with Crippen molar-refractivity contribution in [2.75, 3.05) is 26.4 Å². The molecule has 0 aromatic heterocycles. The molecule has 2 heterocycles. The first kappa shape index (κ1) is 10.9. The molecule has 2 atom stereocenters. The summed E-state index contributed by atoms with van der Waals surface area (Å²) < 4.78 is 20.0. The smallest absolute Gasteiger partial charge is 0.272 e. The summed E-state index contributed by atoms with van der Waals surface area (Å²) in [6.07, 6.45) is 1.18. The van der Waals surface area contributed by atoms with Crippen LogP contribution in [0.2, 0.25) is 0 Å². The van der Waals surface area contributed by atoms with Gasteiger partial charge in [-0.25, -0.2) is 0 Å². The van der Waals surface area contributed by atoms with Crippen molar-refractivity contribution in [3.63, 3.8) is 0 Å². The highest BCUT2D eigenvalue weighted by Crippen LogP contribution is 2.11. The topological polar surface area (TPSA) is 40.2 Å². The summed E-state index contributed by atoms with van der Waals surface area (Å²) in [5.41, 5.74) is 0. The van der Waals surface area contributed by atoms with Gasteiger partial charge in [0.1, 0.15) is 0 Å². The highest BCUT2D eigenvalue weighted by molar-refractivity contribution is 4.52. The Morgan fingerprint density at radius 2 is 2.08 bits per heavy atom. The van der Waals surface area contributed by atoms with Gasteiger partial charge in [0.2, 0.25) is 0 Å². The van der Waals surface area contributed by atoms with Crippen molar-refractivity contribution in [3.05, 3.63) is 0 Å². The fourth-order valence-corrected chi connectivity index (χ4v) is 0.784. The quantitative estimate of drug-likeness (QED) is 0.626. The molecular formula is C9H18O4. The van der Waals surface area contributed by atoms with Gasteiger partial charge < -0.3 is 18.9 Å². The van der Waals surface area contributed by atoms with Gasteiger partial charge in [-0.05, 0) is 13.3 Å². The van der Waals surface area contributed by atoms with Gasteiger partial charge in [0, 0.05) is 0 Å². The minimum Gasteiger partial charge on any atom is -0.377 e. The molecular weight excluding hydrogens is 172 g/mol. The first-order chi connectivity index (χ1) is 6.33. The SMILES string of the molecule is C1CO1.CCCOC1OCC(C)O1. The second-order valence-electron chi connectivity index (χ2n) is 3.05. The highest BCUT2D eigenvalue weighted by atomic mass is 16.9. The first-order valence-electron chi connectivity index (χ1n) is 4.79. The summed E-state index contributed by atoms with van der Waals surface area (Å²) in [4.78, 5) is 0. The summed E-state index contributed by atoms with van der Waals surface area (Å²) in [6.45, 7) is 6.97. The molecule has 4 nitrogen and oxygen atoms in total. The molecule has 0 spiro atoms. The van der Waals surface area contributed by atoms with Gasteiger partial charge in [-0.1, -0.05) is 6.92 Å². The van der Waals surface area contributed by atoms with Crippen LogP contribution in [0, 0.1) is 0 Å². The molecule has 2 aliphatic heterocycles. The highest BCUT2D eigenvalue weighted by Gasteiger charge is 2.22. The van der Waals surface area contributed by atoms with Crippen LogP contribution < -0.4 is 0 Å². The van der Waals surface area contributed by atoms with Crippen molar-refractivity contribution < 1.29 is 18.9 Å². The van der Waals surface area contributed by atoms with Crippen molar-refractivity contribution in [1.82, 2.24) is 0 Å². The zero-order valence-corrected chi connectivity index (χ0v) is 8.32. The molecule has 2 unspecified atom stereocenters. The maximum Gasteiger partial charge on any atom is 0.272 e. The van der Waals surface area contributed by atoms with E-state index in [9.17, 15) is 0 Å². The predicted molar refractivity (Wildman–Crippen MR) is 47.3 cm³/mol. The second-order valence-corrected chi connectivity index (χ2v) is 3.05. The van der Waals surface area contributed by atoms with E-state index in [1.165, 1.54) is 0 Å². The standard InChI is InChI=1S/C7H14O3.C2H4O/c1-3-4-8-7-9-5-6(2)10-7;1-2-3-1/h6-7H,3-5H2,1-2H3;1-2H2. The van der Waals surface area contributed by atoms with Gasteiger partial charge in [0.25, 0.3) is 6.48 Å². The Morgan fingerprint density at radius 3 is 2.46 bits per heavy atom. The first-order valence-corrected chi connectivity index (χ1v) is 4.79. The maximum atomic E-state index is 5.22. The molecule has 4 heteroatoms. The average Bonchev–Trinajstić information content (AvgIpc) is 2.94. The Bertz CT molecular complexity index is 124. The lowest BCUT2D eigenvalue weighted by molar-refractivity contribution is -0.235. The third-order valence-corrected chi connectivity index (χ3v) is 1.47. The summed E-state index contributed by atoms with van der Waals surface area (Å²) >= 11 is 0. The van der Waals surface area contributed by atoms with Crippen LogP contribution in [0.3, 0.4) is 0 Å². The molecule has 0 N–H and O–H groups in total. The van der Waals surface area contributed by atoms with Gasteiger partial charge in [-0.3, -0.25) is 0 Å². The van der Waals surface area contributed by atoms with E-state index < -0.39 is 6.48 Å². The van der Waals surface area contributed by atoms with Gasteiger partial charge in [-0.15, -0.1) is 0 Å². The molecule has 0 bridgehead atoms. The Labute approximate surface area is 79.1 Å². The minimum absolute atomic E-state index is 0.182. The monoisotopic (exact) mass is 190 g/mol. The number of epoxide rings is 1. The van der Waals surface area contributed by atoms with Crippen LogP contribution in [0.15, 0.2) is 0 Å². The molecule has 2 fully saturated rings. The molecule has 0 aromatic carbocycles. The third-order valence-electron chi connectivity index (χ3n) is 1.47. The molecule has 0 amide bonds. The zero-order chi connectivity index (χ0) is 9.52. The largest absolute Gasteiger partial charge is 0.377 e.